The van der Waals surface area contributed by atoms with Crippen LogP contribution in [0.1, 0.15) is 5.56 Å². The summed E-state index contributed by atoms with van der Waals surface area (Å²) >= 11 is 4.84. The Morgan fingerprint density at radius 1 is 1.41 bits per heavy atom. The van der Waals surface area contributed by atoms with Crippen LogP contribution in [0.15, 0.2) is 30.3 Å². The lowest BCUT2D eigenvalue weighted by molar-refractivity contribution is -0.136. The van der Waals surface area contributed by atoms with Crippen LogP contribution < -0.4 is 5.48 Å². The Bertz CT molecular complexity index is 407. The molecule has 0 aliphatic rings. The number of benzene rings is 1. The van der Waals surface area contributed by atoms with E-state index in [1.165, 1.54) is 0 Å². The van der Waals surface area contributed by atoms with E-state index in [-0.39, 0.29) is 13.2 Å². The molecule has 1 rings (SSSR count). The normalized spacial score (nSPS) is 14.0. The van der Waals surface area contributed by atoms with Crippen molar-refractivity contribution in [3.05, 3.63) is 35.9 Å². The van der Waals surface area contributed by atoms with Crippen LogP contribution in [0.25, 0.3) is 0 Å². The number of rotatable bonds is 6. The number of carbonyl (C=O) groups excluding carboxylic acids is 1. The Kier molecular flexibility index (Phi) is 5.61. The second-order valence-electron chi connectivity index (χ2n) is 3.01. The highest BCUT2D eigenvalue weighted by atomic mass is 35.7. The van der Waals surface area contributed by atoms with Crippen molar-refractivity contribution in [2.45, 2.75) is 6.61 Å². The van der Waals surface area contributed by atoms with E-state index in [1.54, 1.807) is 0 Å². The van der Waals surface area contributed by atoms with E-state index in [9.17, 15) is 9.36 Å². The lowest BCUT2D eigenvalue weighted by Gasteiger charge is -2.06. The number of nitrogens with one attached hydrogen (secondary N) is 1. The van der Waals surface area contributed by atoms with Crippen molar-refractivity contribution >= 4 is 24.2 Å². The van der Waals surface area contributed by atoms with E-state index in [4.69, 9.17) is 21.0 Å². The van der Waals surface area contributed by atoms with E-state index < -0.39 is 12.9 Å². The highest BCUT2D eigenvalue weighted by Gasteiger charge is 2.19. The van der Waals surface area contributed by atoms with Gasteiger partial charge in [-0.05, 0) is 5.56 Å². The molecule has 0 radical (unpaired) electrons. The van der Waals surface area contributed by atoms with Gasteiger partial charge in [0.1, 0.15) is 6.54 Å². The van der Waals surface area contributed by atoms with Gasteiger partial charge in [-0.25, -0.2) is 4.57 Å². The van der Waals surface area contributed by atoms with Gasteiger partial charge < -0.3 is 9.42 Å². The Hall–Kier alpha value is -0.910. The van der Waals surface area contributed by atoms with Gasteiger partial charge in [0, 0.05) is 11.2 Å². The minimum Gasteiger partial charge on any atom is -0.379 e. The van der Waals surface area contributed by atoms with Crippen molar-refractivity contribution in [3.8, 4) is 0 Å². The summed E-state index contributed by atoms with van der Waals surface area (Å²) in [5.74, 6) is -0.973. The third kappa shape index (κ3) is 7.10. The summed E-state index contributed by atoms with van der Waals surface area (Å²) < 4.78 is 14.5. The summed E-state index contributed by atoms with van der Waals surface area (Å²) in [6.45, 7) is -4.42. The van der Waals surface area contributed by atoms with Crippen molar-refractivity contribution in [1.82, 2.24) is 5.48 Å². The minimum atomic E-state index is -4.30. The lowest BCUT2D eigenvalue weighted by atomic mass is 10.2. The molecule has 6 nitrogen and oxygen atoms in total. The fourth-order valence-corrected chi connectivity index (χ4v) is 1.52. The van der Waals surface area contributed by atoms with E-state index in [2.05, 4.69) is 10.0 Å². The molecule has 94 valence electrons. The number of hydroxylamine groups is 1. The number of carbonyl (C=O) groups is 1. The van der Waals surface area contributed by atoms with Crippen molar-refractivity contribution < 1.29 is 23.6 Å². The quantitative estimate of drug-likeness (QED) is 0.467. The summed E-state index contributed by atoms with van der Waals surface area (Å²) in [6.07, 6.45) is 0. The Labute approximate surface area is 103 Å². The second kappa shape index (κ2) is 6.74. The summed E-state index contributed by atoms with van der Waals surface area (Å²) in [5, 5.41) is 0. The number of hydrogen-bond acceptors (Lipinski definition) is 5. The standard InChI is InChI=1S/C9H11ClNO5P/c10-17(13,14)16-9(12)6-11-15-7-8-4-2-1-3-5-8/h1-5,11H,6-7H2,(H,13,14). The molecule has 8 heteroatoms. The van der Waals surface area contributed by atoms with Crippen molar-refractivity contribution in [2.24, 2.45) is 0 Å². The number of hydrogen-bond donors (Lipinski definition) is 2. The molecule has 0 spiro atoms. The van der Waals surface area contributed by atoms with Gasteiger partial charge in [-0.1, -0.05) is 30.3 Å². The monoisotopic (exact) mass is 279 g/mol. The van der Waals surface area contributed by atoms with Crippen molar-refractivity contribution in [1.29, 1.82) is 0 Å². The summed E-state index contributed by atoms with van der Waals surface area (Å²) in [7, 11) is 0. The molecule has 1 unspecified atom stereocenters. The summed E-state index contributed by atoms with van der Waals surface area (Å²) in [6, 6.07) is 9.26. The van der Waals surface area contributed by atoms with Gasteiger partial charge in [0.15, 0.2) is 0 Å². The molecule has 17 heavy (non-hydrogen) atoms. The molecule has 0 heterocycles. The van der Waals surface area contributed by atoms with Gasteiger partial charge in [0.05, 0.1) is 6.61 Å². The molecule has 0 fully saturated rings. The molecule has 1 atom stereocenters. The van der Waals surface area contributed by atoms with Crippen LogP contribution in [-0.2, 0) is 25.3 Å². The van der Waals surface area contributed by atoms with Gasteiger partial charge in [-0.3, -0.25) is 9.63 Å². The maximum Gasteiger partial charge on any atom is 0.476 e. The predicted octanol–water partition coefficient (Wildman–Crippen LogP) is 1.59. The van der Waals surface area contributed by atoms with Crippen molar-refractivity contribution in [2.75, 3.05) is 6.54 Å². The highest BCUT2D eigenvalue weighted by molar-refractivity contribution is 7.80. The average molecular weight is 280 g/mol. The first-order valence-corrected chi connectivity index (χ1v) is 7.09. The van der Waals surface area contributed by atoms with E-state index in [1.807, 2.05) is 30.3 Å². The van der Waals surface area contributed by atoms with Gasteiger partial charge >= 0.3 is 12.9 Å². The maximum atomic E-state index is 10.9. The highest BCUT2D eigenvalue weighted by Crippen LogP contribution is 2.47. The molecule has 0 saturated carbocycles. The van der Waals surface area contributed by atoms with Gasteiger partial charge in [-0.15, -0.1) is 0 Å². The van der Waals surface area contributed by atoms with E-state index >= 15 is 0 Å². The second-order valence-corrected chi connectivity index (χ2v) is 5.38. The first-order chi connectivity index (χ1) is 7.97. The molecular weight excluding hydrogens is 269 g/mol. The fraction of sp³-hybridized carbons (Fsp3) is 0.222. The largest absolute Gasteiger partial charge is 0.476 e. The molecular formula is C9H11ClNO5P. The molecule has 0 bridgehead atoms. The van der Waals surface area contributed by atoms with Crippen LogP contribution in [0.3, 0.4) is 0 Å². The Morgan fingerprint density at radius 3 is 2.65 bits per heavy atom. The molecule has 1 aromatic carbocycles. The zero-order chi connectivity index (χ0) is 12.7. The fourth-order valence-electron chi connectivity index (χ4n) is 0.976. The number of halogens is 1. The summed E-state index contributed by atoms with van der Waals surface area (Å²) in [5.41, 5.74) is 3.21. The molecule has 0 saturated heterocycles. The van der Waals surface area contributed by atoms with Crippen LogP contribution in [0.4, 0.5) is 0 Å². The average Bonchev–Trinajstić information content (AvgIpc) is 2.23. The molecule has 0 amide bonds. The third-order valence-electron chi connectivity index (χ3n) is 1.61. The van der Waals surface area contributed by atoms with E-state index in [0.29, 0.717) is 0 Å². The predicted molar refractivity (Wildman–Crippen MR) is 61.0 cm³/mol. The van der Waals surface area contributed by atoms with Gasteiger partial charge in [-0.2, -0.15) is 5.48 Å². The smallest absolute Gasteiger partial charge is 0.379 e. The van der Waals surface area contributed by atoms with Crippen molar-refractivity contribution in [3.63, 3.8) is 0 Å². The maximum absolute atomic E-state index is 10.9. The zero-order valence-corrected chi connectivity index (χ0v) is 10.4. The van der Waals surface area contributed by atoms with Gasteiger partial charge in [0.2, 0.25) is 0 Å². The summed E-state index contributed by atoms with van der Waals surface area (Å²) in [4.78, 5) is 24.4. The Balaban J connectivity index is 2.17. The third-order valence-corrected chi connectivity index (χ3v) is 2.25. The zero-order valence-electron chi connectivity index (χ0n) is 8.71. The van der Waals surface area contributed by atoms with Crippen LogP contribution in [-0.4, -0.2) is 17.4 Å². The molecule has 1 aromatic rings. The molecule has 0 aliphatic heterocycles. The lowest BCUT2D eigenvalue weighted by Crippen LogP contribution is -2.24. The van der Waals surface area contributed by atoms with Gasteiger partial charge in [0.25, 0.3) is 0 Å². The Morgan fingerprint density at radius 2 is 2.06 bits per heavy atom. The SMILES string of the molecule is O=C(CNOCc1ccccc1)OP(=O)(O)Cl. The van der Waals surface area contributed by atoms with Crippen LogP contribution in [0.2, 0.25) is 0 Å². The van der Waals surface area contributed by atoms with E-state index in [0.717, 1.165) is 5.56 Å². The topological polar surface area (TPSA) is 84.9 Å². The minimum absolute atomic E-state index is 0.256. The molecule has 0 aliphatic carbocycles. The molecule has 2 N–H and O–H groups in total. The van der Waals surface area contributed by atoms with Crippen LogP contribution >= 0.6 is 18.2 Å². The van der Waals surface area contributed by atoms with Crippen LogP contribution in [0, 0.1) is 0 Å². The molecule has 0 aromatic heterocycles. The first kappa shape index (κ1) is 14.2. The van der Waals surface area contributed by atoms with Crippen LogP contribution in [0.5, 0.6) is 0 Å². The first-order valence-electron chi connectivity index (χ1n) is 4.61.